The van der Waals surface area contributed by atoms with Crippen LogP contribution in [-0.2, 0) is 11.2 Å². The van der Waals surface area contributed by atoms with Gasteiger partial charge < -0.3 is 4.90 Å². The fraction of sp³-hybridized carbons (Fsp3) is 0.385. The van der Waals surface area contributed by atoms with Crippen LogP contribution < -0.4 is 4.90 Å². The Balaban J connectivity index is 2.36. The lowest BCUT2D eigenvalue weighted by Crippen LogP contribution is -2.31. The molecule has 2 rings (SSSR count). The fourth-order valence-electron chi connectivity index (χ4n) is 2.10. The van der Waals surface area contributed by atoms with Crippen molar-refractivity contribution >= 4 is 17.4 Å². The number of Topliss-reactive ketones (excluding diaryl/α,β-unsaturated/α-hetero) is 1. The second kappa shape index (κ2) is 4.68. The fourth-order valence-corrected chi connectivity index (χ4v) is 2.10. The highest BCUT2D eigenvalue weighted by molar-refractivity contribution is 6.02. The third-order valence-electron chi connectivity index (χ3n) is 3.25. The minimum atomic E-state index is -0.869. The van der Waals surface area contributed by atoms with Gasteiger partial charge in [-0.1, -0.05) is 5.18 Å². The number of carbonyl (C=O) groups is 2. The van der Waals surface area contributed by atoms with Gasteiger partial charge in [0, 0.05) is 24.7 Å². The SMILES string of the molecule is CC(N=O)C(=O)c1ccc2c(c1)CCC(=O)N2C. The molecule has 1 atom stereocenters. The molecule has 1 heterocycles. The summed E-state index contributed by atoms with van der Waals surface area (Å²) in [5.74, 6) is -0.211. The van der Waals surface area contributed by atoms with Crippen LogP contribution >= 0.6 is 0 Å². The average Bonchev–Trinajstić information content (AvgIpc) is 2.41. The monoisotopic (exact) mass is 246 g/mol. The zero-order valence-electron chi connectivity index (χ0n) is 10.3. The van der Waals surface area contributed by atoms with Crippen LogP contribution in [0.25, 0.3) is 0 Å². The Bertz CT molecular complexity index is 525. The number of fused-ring (bicyclic) bond motifs is 1. The highest BCUT2D eigenvalue weighted by atomic mass is 16.3. The number of aryl methyl sites for hydroxylation is 1. The highest BCUT2D eigenvalue weighted by Gasteiger charge is 2.23. The predicted molar refractivity (Wildman–Crippen MR) is 67.8 cm³/mol. The second-order valence-corrected chi connectivity index (χ2v) is 4.44. The number of ketones is 1. The standard InChI is InChI=1S/C13H14N2O3/c1-8(14-18)13(17)10-3-5-11-9(7-10)4-6-12(16)15(11)2/h3,5,7-8H,4,6H2,1-2H3. The Morgan fingerprint density at radius 1 is 1.39 bits per heavy atom. The zero-order chi connectivity index (χ0) is 13.3. The largest absolute Gasteiger partial charge is 0.315 e. The zero-order valence-corrected chi connectivity index (χ0v) is 10.3. The van der Waals surface area contributed by atoms with Crippen molar-refractivity contribution in [2.75, 3.05) is 11.9 Å². The normalized spacial score (nSPS) is 16.1. The summed E-state index contributed by atoms with van der Waals surface area (Å²) in [6.07, 6.45) is 1.07. The van der Waals surface area contributed by atoms with E-state index in [0.717, 1.165) is 11.3 Å². The second-order valence-electron chi connectivity index (χ2n) is 4.44. The molecule has 0 bridgehead atoms. The first-order chi connectivity index (χ1) is 8.54. The van der Waals surface area contributed by atoms with Gasteiger partial charge in [-0.05, 0) is 37.1 Å². The van der Waals surface area contributed by atoms with Gasteiger partial charge in [-0.15, -0.1) is 0 Å². The molecule has 0 fully saturated rings. The number of anilines is 1. The van der Waals surface area contributed by atoms with Gasteiger partial charge in [0.05, 0.1) is 0 Å². The summed E-state index contributed by atoms with van der Waals surface area (Å²) in [4.78, 5) is 35.3. The van der Waals surface area contributed by atoms with Gasteiger partial charge in [0.2, 0.25) is 5.91 Å². The van der Waals surface area contributed by atoms with Crippen LogP contribution in [0.1, 0.15) is 29.3 Å². The molecule has 1 aliphatic heterocycles. The van der Waals surface area contributed by atoms with Crippen LogP contribution in [0.5, 0.6) is 0 Å². The number of amides is 1. The first-order valence-electron chi connectivity index (χ1n) is 5.80. The van der Waals surface area contributed by atoms with Crippen LogP contribution in [0.2, 0.25) is 0 Å². The van der Waals surface area contributed by atoms with Crippen molar-refractivity contribution in [1.82, 2.24) is 0 Å². The molecule has 18 heavy (non-hydrogen) atoms. The first kappa shape index (κ1) is 12.4. The molecule has 0 N–H and O–H groups in total. The van der Waals surface area contributed by atoms with E-state index < -0.39 is 6.04 Å². The lowest BCUT2D eigenvalue weighted by molar-refractivity contribution is -0.118. The Morgan fingerprint density at radius 3 is 2.78 bits per heavy atom. The molecule has 94 valence electrons. The summed E-state index contributed by atoms with van der Waals surface area (Å²) < 4.78 is 0. The van der Waals surface area contributed by atoms with Gasteiger partial charge in [0.1, 0.15) is 0 Å². The van der Waals surface area contributed by atoms with Gasteiger partial charge >= 0.3 is 0 Å². The van der Waals surface area contributed by atoms with Crippen molar-refractivity contribution in [2.24, 2.45) is 5.18 Å². The van der Waals surface area contributed by atoms with Gasteiger partial charge in [-0.3, -0.25) is 9.59 Å². The molecule has 5 nitrogen and oxygen atoms in total. The number of hydrogen-bond donors (Lipinski definition) is 0. The van der Waals surface area contributed by atoms with E-state index in [0.29, 0.717) is 18.4 Å². The maximum atomic E-state index is 11.8. The Morgan fingerprint density at radius 2 is 2.11 bits per heavy atom. The van der Waals surface area contributed by atoms with Gasteiger partial charge in [-0.2, -0.15) is 4.91 Å². The smallest absolute Gasteiger partial charge is 0.227 e. The van der Waals surface area contributed by atoms with Crippen molar-refractivity contribution in [3.8, 4) is 0 Å². The molecule has 0 aliphatic carbocycles. The van der Waals surface area contributed by atoms with E-state index in [1.54, 1.807) is 30.1 Å². The average molecular weight is 246 g/mol. The van der Waals surface area contributed by atoms with Crippen LogP contribution in [0, 0.1) is 4.91 Å². The molecule has 0 spiro atoms. The molecule has 0 saturated carbocycles. The Kier molecular flexibility index (Phi) is 3.23. The third kappa shape index (κ3) is 2.03. The number of nitrogens with zero attached hydrogens (tertiary/aromatic N) is 2. The Hall–Kier alpha value is -2.04. The molecule has 1 aliphatic rings. The molecule has 1 amide bonds. The van der Waals surface area contributed by atoms with E-state index in [2.05, 4.69) is 5.18 Å². The van der Waals surface area contributed by atoms with Crippen LogP contribution in [0.4, 0.5) is 5.69 Å². The molecule has 1 aromatic carbocycles. The summed E-state index contributed by atoms with van der Waals surface area (Å²) in [5, 5.41) is 2.74. The van der Waals surface area contributed by atoms with Crippen molar-refractivity contribution in [1.29, 1.82) is 0 Å². The lowest BCUT2D eigenvalue weighted by atomic mass is 9.96. The van der Waals surface area contributed by atoms with Crippen molar-refractivity contribution < 1.29 is 9.59 Å². The van der Waals surface area contributed by atoms with Crippen molar-refractivity contribution in [3.63, 3.8) is 0 Å². The molecule has 5 heteroatoms. The summed E-state index contributed by atoms with van der Waals surface area (Å²) in [6, 6.07) is 4.27. The number of benzene rings is 1. The molecule has 0 radical (unpaired) electrons. The summed E-state index contributed by atoms with van der Waals surface area (Å²) in [6.45, 7) is 1.48. The van der Waals surface area contributed by atoms with Crippen LogP contribution in [0.3, 0.4) is 0 Å². The number of rotatable bonds is 3. The minimum Gasteiger partial charge on any atom is -0.315 e. The van der Waals surface area contributed by atoms with E-state index in [4.69, 9.17) is 0 Å². The molecule has 0 aromatic heterocycles. The molecular weight excluding hydrogens is 232 g/mol. The molecule has 1 aromatic rings. The predicted octanol–water partition coefficient (Wildman–Crippen LogP) is 1.93. The maximum Gasteiger partial charge on any atom is 0.227 e. The van der Waals surface area contributed by atoms with Crippen molar-refractivity contribution in [2.45, 2.75) is 25.8 Å². The molecular formula is C13H14N2O3. The van der Waals surface area contributed by atoms with E-state index >= 15 is 0 Å². The van der Waals surface area contributed by atoms with Gasteiger partial charge in [-0.25, -0.2) is 0 Å². The first-order valence-corrected chi connectivity index (χ1v) is 5.80. The number of nitroso groups, excluding NO2 is 1. The summed E-state index contributed by atoms with van der Waals surface area (Å²) in [7, 11) is 1.72. The van der Waals surface area contributed by atoms with Crippen molar-refractivity contribution in [3.05, 3.63) is 34.2 Å². The number of hydrogen-bond acceptors (Lipinski definition) is 4. The van der Waals surface area contributed by atoms with E-state index in [1.807, 2.05) is 0 Å². The molecule has 1 unspecified atom stereocenters. The maximum absolute atomic E-state index is 11.8. The Labute approximate surface area is 105 Å². The topological polar surface area (TPSA) is 66.8 Å². The van der Waals surface area contributed by atoms with Gasteiger partial charge in [0.15, 0.2) is 11.8 Å². The van der Waals surface area contributed by atoms with E-state index in [1.165, 1.54) is 6.92 Å². The van der Waals surface area contributed by atoms with Crippen LogP contribution in [0.15, 0.2) is 23.4 Å². The summed E-state index contributed by atoms with van der Waals surface area (Å²) >= 11 is 0. The highest BCUT2D eigenvalue weighted by Crippen LogP contribution is 2.28. The van der Waals surface area contributed by atoms with Crippen LogP contribution in [-0.4, -0.2) is 24.8 Å². The lowest BCUT2D eigenvalue weighted by Gasteiger charge is -2.26. The molecule has 0 saturated heterocycles. The van der Waals surface area contributed by atoms with E-state index in [-0.39, 0.29) is 11.7 Å². The van der Waals surface area contributed by atoms with Gasteiger partial charge in [0.25, 0.3) is 0 Å². The third-order valence-corrected chi connectivity index (χ3v) is 3.25. The number of carbonyl (C=O) groups excluding carboxylic acids is 2. The minimum absolute atomic E-state index is 0.0736. The van der Waals surface area contributed by atoms with E-state index in [9.17, 15) is 14.5 Å². The quantitative estimate of drug-likeness (QED) is 0.604. The summed E-state index contributed by atoms with van der Waals surface area (Å²) in [5.41, 5.74) is 2.26.